The molecule has 0 saturated heterocycles. The Labute approximate surface area is 96.9 Å². The average molecular weight is 224 g/mol. The van der Waals surface area contributed by atoms with Crippen molar-refractivity contribution >= 4 is 11.8 Å². The average Bonchev–Trinajstić information content (AvgIpc) is 2.59. The highest BCUT2D eigenvalue weighted by molar-refractivity contribution is 5.98. The second kappa shape index (κ2) is 6.46. The molecule has 0 aromatic rings. The van der Waals surface area contributed by atoms with Crippen molar-refractivity contribution in [1.29, 1.82) is 0 Å². The first-order chi connectivity index (χ1) is 7.67. The molecule has 0 N–H and O–H groups in total. The number of rotatable bonds is 5. The molecule has 16 heavy (non-hydrogen) atoms. The Morgan fingerprint density at radius 2 is 2.25 bits per heavy atom. The predicted octanol–water partition coefficient (Wildman–Crippen LogP) is 2.65. The number of methoxy groups -OCH3 is 1. The summed E-state index contributed by atoms with van der Waals surface area (Å²) in [6.07, 6.45) is 6.91. The van der Waals surface area contributed by atoms with Crippen molar-refractivity contribution in [2.75, 3.05) is 7.11 Å². The van der Waals surface area contributed by atoms with Gasteiger partial charge in [-0.1, -0.05) is 25.8 Å². The minimum atomic E-state index is -0.215. The van der Waals surface area contributed by atoms with Gasteiger partial charge >= 0.3 is 5.97 Å². The fraction of sp³-hybridized carbons (Fsp3) is 0.692. The Bertz CT molecular complexity index is 292. The smallest absolute Gasteiger partial charge is 0.305 e. The minimum Gasteiger partial charge on any atom is -0.469 e. The zero-order valence-corrected chi connectivity index (χ0v) is 10.1. The molecule has 1 fully saturated rings. The van der Waals surface area contributed by atoms with E-state index in [0.717, 1.165) is 31.3 Å². The molecule has 1 rings (SSSR count). The summed E-state index contributed by atoms with van der Waals surface area (Å²) < 4.78 is 4.61. The number of ketones is 1. The van der Waals surface area contributed by atoms with E-state index in [1.165, 1.54) is 7.11 Å². The van der Waals surface area contributed by atoms with Gasteiger partial charge in [0.15, 0.2) is 5.78 Å². The van der Waals surface area contributed by atoms with Crippen LogP contribution < -0.4 is 0 Å². The summed E-state index contributed by atoms with van der Waals surface area (Å²) in [5, 5.41) is 0. The molecule has 90 valence electrons. The molecule has 1 unspecified atom stereocenters. The third-order valence-electron chi connectivity index (χ3n) is 2.97. The number of carbonyl (C=O) groups excluding carboxylic acids is 2. The molecular weight excluding hydrogens is 204 g/mol. The second-order valence-corrected chi connectivity index (χ2v) is 4.35. The topological polar surface area (TPSA) is 43.4 Å². The summed E-state index contributed by atoms with van der Waals surface area (Å²) in [6, 6.07) is 0. The summed E-state index contributed by atoms with van der Waals surface area (Å²) in [6.45, 7) is 2.13. The van der Waals surface area contributed by atoms with Crippen molar-refractivity contribution < 1.29 is 14.3 Å². The molecule has 0 aromatic carbocycles. The van der Waals surface area contributed by atoms with Crippen LogP contribution in [0.5, 0.6) is 0 Å². The molecule has 1 saturated carbocycles. The van der Waals surface area contributed by atoms with Crippen molar-refractivity contribution in [1.82, 2.24) is 0 Å². The normalized spacial score (nSPS) is 22.8. The highest BCUT2D eigenvalue weighted by Gasteiger charge is 2.28. The molecule has 0 bridgehead atoms. The van der Waals surface area contributed by atoms with Gasteiger partial charge in [-0.3, -0.25) is 9.59 Å². The number of Topliss-reactive ketones (excluding diaryl/α,β-unsaturated/α-hetero) is 1. The van der Waals surface area contributed by atoms with Crippen LogP contribution in [-0.2, 0) is 14.3 Å². The quantitative estimate of drug-likeness (QED) is 0.409. The molecule has 3 heteroatoms. The minimum absolute atomic E-state index is 0.160. The SMILES string of the molecule is CCCCC=C1CC(CC(=O)OC)CC1=O. The van der Waals surface area contributed by atoms with Crippen molar-refractivity contribution in [3.8, 4) is 0 Å². The van der Waals surface area contributed by atoms with Gasteiger partial charge in [-0.05, 0) is 24.3 Å². The molecule has 0 aliphatic heterocycles. The fourth-order valence-corrected chi connectivity index (χ4v) is 2.03. The molecule has 0 amide bonds. The van der Waals surface area contributed by atoms with Crippen molar-refractivity contribution in [2.24, 2.45) is 5.92 Å². The first-order valence-corrected chi connectivity index (χ1v) is 5.96. The van der Waals surface area contributed by atoms with Gasteiger partial charge < -0.3 is 4.74 Å². The third-order valence-corrected chi connectivity index (χ3v) is 2.97. The highest BCUT2D eigenvalue weighted by Crippen LogP contribution is 2.30. The van der Waals surface area contributed by atoms with Gasteiger partial charge in [-0.15, -0.1) is 0 Å². The molecule has 0 radical (unpaired) electrons. The van der Waals surface area contributed by atoms with Crippen molar-refractivity contribution in [3.05, 3.63) is 11.6 Å². The summed E-state index contributed by atoms with van der Waals surface area (Å²) in [7, 11) is 1.39. The summed E-state index contributed by atoms with van der Waals surface area (Å²) >= 11 is 0. The summed E-state index contributed by atoms with van der Waals surface area (Å²) in [4.78, 5) is 22.7. The maximum Gasteiger partial charge on any atom is 0.305 e. The zero-order chi connectivity index (χ0) is 12.0. The van der Waals surface area contributed by atoms with E-state index in [9.17, 15) is 9.59 Å². The van der Waals surface area contributed by atoms with Crippen molar-refractivity contribution in [3.63, 3.8) is 0 Å². The van der Waals surface area contributed by atoms with Crippen LogP contribution in [-0.4, -0.2) is 18.9 Å². The Balaban J connectivity index is 2.44. The second-order valence-electron chi connectivity index (χ2n) is 4.35. The van der Waals surface area contributed by atoms with Crippen LogP contribution in [0.3, 0.4) is 0 Å². The van der Waals surface area contributed by atoms with Crippen LogP contribution in [0.15, 0.2) is 11.6 Å². The van der Waals surface area contributed by atoms with Gasteiger partial charge in [0.05, 0.1) is 7.11 Å². The monoisotopic (exact) mass is 224 g/mol. The zero-order valence-electron chi connectivity index (χ0n) is 10.1. The Morgan fingerprint density at radius 3 is 2.88 bits per heavy atom. The molecule has 0 spiro atoms. The van der Waals surface area contributed by atoms with Gasteiger partial charge in [0.25, 0.3) is 0 Å². The largest absolute Gasteiger partial charge is 0.469 e. The lowest BCUT2D eigenvalue weighted by Gasteiger charge is -2.04. The molecule has 1 aliphatic carbocycles. The molecular formula is C13H20O3. The fourth-order valence-electron chi connectivity index (χ4n) is 2.03. The Morgan fingerprint density at radius 1 is 1.50 bits per heavy atom. The van der Waals surface area contributed by atoms with Crippen LogP contribution in [0.4, 0.5) is 0 Å². The first-order valence-electron chi connectivity index (χ1n) is 5.96. The van der Waals surface area contributed by atoms with Crippen LogP contribution in [0.1, 0.15) is 45.4 Å². The van der Waals surface area contributed by atoms with Crippen molar-refractivity contribution in [2.45, 2.75) is 45.4 Å². The van der Waals surface area contributed by atoms with E-state index in [4.69, 9.17) is 0 Å². The van der Waals surface area contributed by atoms with E-state index in [1.807, 2.05) is 6.08 Å². The number of carbonyl (C=O) groups is 2. The summed E-state index contributed by atoms with van der Waals surface area (Å²) in [5.74, 6) is 0.158. The molecule has 0 heterocycles. The number of esters is 1. The number of ether oxygens (including phenoxy) is 1. The maximum absolute atomic E-state index is 11.6. The third kappa shape index (κ3) is 3.80. The van der Waals surface area contributed by atoms with E-state index < -0.39 is 0 Å². The van der Waals surface area contributed by atoms with E-state index in [0.29, 0.717) is 12.8 Å². The number of unbranched alkanes of at least 4 members (excludes halogenated alkanes) is 2. The van der Waals surface area contributed by atoms with Gasteiger partial charge in [0.2, 0.25) is 0 Å². The predicted molar refractivity (Wildman–Crippen MR) is 62.0 cm³/mol. The molecule has 1 aliphatic rings. The van der Waals surface area contributed by atoms with Gasteiger partial charge in [0, 0.05) is 12.8 Å². The lowest BCUT2D eigenvalue weighted by Crippen LogP contribution is -2.07. The Hall–Kier alpha value is -1.12. The molecule has 1 atom stereocenters. The van der Waals surface area contributed by atoms with E-state index >= 15 is 0 Å². The van der Waals surface area contributed by atoms with Gasteiger partial charge in [-0.25, -0.2) is 0 Å². The molecule has 0 aromatic heterocycles. The summed E-state index contributed by atoms with van der Waals surface area (Å²) in [5.41, 5.74) is 0.919. The maximum atomic E-state index is 11.6. The number of hydrogen-bond acceptors (Lipinski definition) is 3. The first kappa shape index (κ1) is 12.9. The number of hydrogen-bond donors (Lipinski definition) is 0. The standard InChI is InChI=1S/C13H20O3/c1-3-4-5-6-11-7-10(8-12(11)14)9-13(15)16-2/h6,10H,3-5,7-9H2,1-2H3. The van der Waals surface area contributed by atoms with Crippen LogP contribution in [0.2, 0.25) is 0 Å². The Kier molecular flexibility index (Phi) is 5.23. The van der Waals surface area contributed by atoms with E-state index in [1.54, 1.807) is 0 Å². The lowest BCUT2D eigenvalue weighted by molar-refractivity contribution is -0.141. The van der Waals surface area contributed by atoms with Gasteiger partial charge in [-0.2, -0.15) is 0 Å². The van der Waals surface area contributed by atoms with E-state index in [-0.39, 0.29) is 17.7 Å². The highest BCUT2D eigenvalue weighted by atomic mass is 16.5. The van der Waals surface area contributed by atoms with Crippen LogP contribution in [0, 0.1) is 5.92 Å². The lowest BCUT2D eigenvalue weighted by atomic mass is 10.0. The van der Waals surface area contributed by atoms with Crippen LogP contribution in [0.25, 0.3) is 0 Å². The molecule has 3 nitrogen and oxygen atoms in total. The van der Waals surface area contributed by atoms with E-state index in [2.05, 4.69) is 11.7 Å². The van der Waals surface area contributed by atoms with Gasteiger partial charge in [0.1, 0.15) is 0 Å². The van der Waals surface area contributed by atoms with Crippen LogP contribution >= 0.6 is 0 Å². The number of allylic oxidation sites excluding steroid dienone is 2.